The number of sulfonamides is 1. The Morgan fingerprint density at radius 3 is 1.60 bits per heavy atom. The van der Waals surface area contributed by atoms with Gasteiger partial charge in [0.15, 0.2) is 0 Å². The molecule has 0 fully saturated rings. The summed E-state index contributed by atoms with van der Waals surface area (Å²) in [7, 11) is -3.72. The maximum Gasteiger partial charge on any atom is 0.238 e. The van der Waals surface area contributed by atoms with Crippen molar-refractivity contribution in [3.8, 4) is 0 Å². The molecule has 0 aromatic heterocycles. The molecule has 1 aromatic rings. The fraction of sp³-hybridized carbons (Fsp3) is 0.455. The van der Waals surface area contributed by atoms with E-state index in [1.165, 1.54) is 0 Å². The van der Waals surface area contributed by atoms with Crippen LogP contribution in [0.25, 0.3) is 0 Å². The molecule has 9 heteroatoms. The third kappa shape index (κ3) is 2.36. The number of nitrogen functional groups attached to an aromatic ring is 5. The lowest BCUT2D eigenvalue weighted by Gasteiger charge is -2.26. The minimum Gasteiger partial charge on any atom is -0.395 e. The molecule has 0 heterocycles. The zero-order valence-corrected chi connectivity index (χ0v) is 12.6. The van der Waals surface area contributed by atoms with Crippen LogP contribution in [0.4, 0.5) is 34.1 Å². The van der Waals surface area contributed by atoms with Crippen molar-refractivity contribution in [2.24, 2.45) is 0 Å². The Bertz CT molecular complexity index is 610. The van der Waals surface area contributed by atoms with E-state index >= 15 is 0 Å². The van der Waals surface area contributed by atoms with Gasteiger partial charge in [-0.05, 0) is 20.3 Å². The molecule has 0 unspecified atom stereocenters. The quantitative estimate of drug-likeness (QED) is 0.439. The van der Waals surface area contributed by atoms with Gasteiger partial charge in [0.1, 0.15) is 0 Å². The van der Waals surface area contributed by atoms with Gasteiger partial charge >= 0.3 is 0 Å². The number of benzene rings is 1. The van der Waals surface area contributed by atoms with Crippen molar-refractivity contribution in [2.75, 3.05) is 33.4 Å². The van der Waals surface area contributed by atoms with Gasteiger partial charge in [-0.25, -0.2) is 8.42 Å². The van der Waals surface area contributed by atoms with Crippen molar-refractivity contribution >= 4 is 44.1 Å². The second-order valence-electron chi connectivity index (χ2n) is 5.16. The Hall–Kier alpha value is -2.03. The van der Waals surface area contributed by atoms with Crippen LogP contribution < -0.4 is 33.4 Å². The summed E-state index contributed by atoms with van der Waals surface area (Å²) in [4.78, 5) is 0. The summed E-state index contributed by atoms with van der Waals surface area (Å²) in [6.45, 7) is 4.94. The third-order valence-electron chi connectivity index (χ3n) is 3.51. The number of hydrogen-bond donors (Lipinski definition) is 6. The minimum absolute atomic E-state index is 0.00343. The van der Waals surface area contributed by atoms with E-state index < -0.39 is 14.8 Å². The molecule has 0 atom stereocenters. The van der Waals surface area contributed by atoms with Crippen molar-refractivity contribution in [1.82, 2.24) is 0 Å². The first kappa shape index (κ1) is 16.0. The molecule has 20 heavy (non-hydrogen) atoms. The normalized spacial score (nSPS) is 12.3. The lowest BCUT2D eigenvalue weighted by atomic mass is 10.1. The van der Waals surface area contributed by atoms with E-state index in [0.29, 0.717) is 6.42 Å². The van der Waals surface area contributed by atoms with Gasteiger partial charge in [0, 0.05) is 0 Å². The second-order valence-corrected chi connectivity index (χ2v) is 7.48. The summed E-state index contributed by atoms with van der Waals surface area (Å²) in [5, 5.41) is 0. The van der Waals surface area contributed by atoms with Gasteiger partial charge in [0.05, 0.1) is 38.9 Å². The number of anilines is 6. The highest BCUT2D eigenvalue weighted by atomic mass is 32.2. The molecule has 11 N–H and O–H groups in total. The largest absolute Gasteiger partial charge is 0.395 e. The molecule has 0 saturated heterocycles. The van der Waals surface area contributed by atoms with Gasteiger partial charge in [-0.2, -0.15) is 0 Å². The van der Waals surface area contributed by atoms with Crippen LogP contribution in [0.5, 0.6) is 0 Å². The van der Waals surface area contributed by atoms with Crippen LogP contribution in [0, 0.1) is 0 Å². The molecule has 0 radical (unpaired) electrons. The average Bonchev–Trinajstić information content (AvgIpc) is 2.39. The highest BCUT2D eigenvalue weighted by Gasteiger charge is 2.34. The Labute approximate surface area is 118 Å². The van der Waals surface area contributed by atoms with Crippen LogP contribution in [-0.4, -0.2) is 13.2 Å². The summed E-state index contributed by atoms with van der Waals surface area (Å²) in [5.74, 6) is 0. The monoisotopic (exact) mass is 302 g/mol. The van der Waals surface area contributed by atoms with Gasteiger partial charge in [-0.3, -0.25) is 4.72 Å². The van der Waals surface area contributed by atoms with Crippen molar-refractivity contribution < 1.29 is 8.42 Å². The summed E-state index contributed by atoms with van der Waals surface area (Å²) in [6, 6.07) is 0. The Kier molecular flexibility index (Phi) is 3.86. The maximum atomic E-state index is 12.3. The first-order valence-corrected chi connectivity index (χ1v) is 7.48. The Morgan fingerprint density at radius 2 is 1.25 bits per heavy atom. The van der Waals surface area contributed by atoms with Crippen molar-refractivity contribution in [1.29, 1.82) is 0 Å². The smallest absolute Gasteiger partial charge is 0.238 e. The maximum absolute atomic E-state index is 12.3. The number of nitrogens with one attached hydrogen (secondary N) is 1. The minimum atomic E-state index is -3.72. The Balaban J connectivity index is 3.45. The van der Waals surface area contributed by atoms with Crippen LogP contribution in [0.3, 0.4) is 0 Å². The number of rotatable bonds is 4. The van der Waals surface area contributed by atoms with E-state index in [4.69, 9.17) is 28.7 Å². The molecule has 0 amide bonds. The molecule has 0 aliphatic rings. The predicted molar refractivity (Wildman–Crippen MR) is 85.4 cm³/mol. The summed E-state index contributed by atoms with van der Waals surface area (Å²) >= 11 is 0. The topological polar surface area (TPSA) is 176 Å². The fourth-order valence-corrected chi connectivity index (χ4v) is 2.57. The highest BCUT2D eigenvalue weighted by Crippen LogP contribution is 2.43. The summed E-state index contributed by atoms with van der Waals surface area (Å²) in [5.41, 5.74) is 28.5. The van der Waals surface area contributed by atoms with Crippen molar-refractivity contribution in [2.45, 2.75) is 31.9 Å². The number of nitrogens with two attached hydrogens (primary N) is 5. The lowest BCUT2D eigenvalue weighted by molar-refractivity contribution is 0.544. The zero-order valence-electron chi connectivity index (χ0n) is 11.8. The van der Waals surface area contributed by atoms with Crippen molar-refractivity contribution in [3.63, 3.8) is 0 Å². The first-order chi connectivity index (χ1) is 8.96. The van der Waals surface area contributed by atoms with Crippen molar-refractivity contribution in [3.05, 3.63) is 0 Å². The molecule has 0 bridgehead atoms. The Morgan fingerprint density at radius 1 is 0.900 bits per heavy atom. The third-order valence-corrected chi connectivity index (χ3v) is 5.73. The van der Waals surface area contributed by atoms with Crippen LogP contribution in [0.1, 0.15) is 27.2 Å². The molecule has 1 rings (SSSR count). The van der Waals surface area contributed by atoms with E-state index in [1.54, 1.807) is 20.8 Å². The predicted octanol–water partition coefficient (Wildman–Crippen LogP) is 0.528. The SMILES string of the molecule is CCC(C)(C)S(=O)(=O)Nc1c(N)c(N)c(N)c(N)c1N. The van der Waals surface area contributed by atoms with Gasteiger partial charge in [0.2, 0.25) is 10.0 Å². The molecule has 0 aliphatic heterocycles. The molecule has 8 nitrogen and oxygen atoms in total. The average molecular weight is 302 g/mol. The van der Waals surface area contributed by atoms with E-state index in [0.717, 1.165) is 0 Å². The lowest BCUT2D eigenvalue weighted by Crippen LogP contribution is -2.36. The first-order valence-electron chi connectivity index (χ1n) is 6.00. The van der Waals surface area contributed by atoms with Gasteiger partial charge in [-0.15, -0.1) is 0 Å². The van der Waals surface area contributed by atoms with Crippen LogP contribution in [0.2, 0.25) is 0 Å². The van der Waals surface area contributed by atoms with Crippen LogP contribution in [0.15, 0.2) is 0 Å². The van der Waals surface area contributed by atoms with Gasteiger partial charge in [-0.1, -0.05) is 6.92 Å². The standard InChI is InChI=1S/C11H22N6O2S/c1-4-11(2,3)20(18,19)17-10-8(15)6(13)5(12)7(14)9(10)16/h17H,4,12-16H2,1-3H3. The molecule has 114 valence electrons. The van der Waals surface area contributed by atoms with Crippen LogP contribution in [-0.2, 0) is 10.0 Å². The molecule has 0 spiro atoms. The van der Waals surface area contributed by atoms with E-state index in [-0.39, 0.29) is 34.1 Å². The zero-order chi connectivity index (χ0) is 15.9. The van der Waals surface area contributed by atoms with Gasteiger partial charge < -0.3 is 28.7 Å². The molecule has 1 aromatic carbocycles. The fourth-order valence-electron chi connectivity index (χ4n) is 1.42. The van der Waals surface area contributed by atoms with E-state index in [2.05, 4.69) is 4.72 Å². The van der Waals surface area contributed by atoms with E-state index in [1.807, 2.05) is 0 Å². The molecular weight excluding hydrogens is 280 g/mol. The molecular formula is C11H22N6O2S. The second kappa shape index (κ2) is 4.82. The molecule has 0 aliphatic carbocycles. The summed E-state index contributed by atoms with van der Waals surface area (Å²) < 4.78 is 26.0. The summed E-state index contributed by atoms with van der Waals surface area (Å²) in [6.07, 6.45) is 0.405. The highest BCUT2D eigenvalue weighted by molar-refractivity contribution is 7.94. The molecule has 0 saturated carbocycles. The number of hydrogen-bond acceptors (Lipinski definition) is 7. The van der Waals surface area contributed by atoms with E-state index in [9.17, 15) is 8.42 Å². The van der Waals surface area contributed by atoms with Gasteiger partial charge in [0.25, 0.3) is 0 Å². The van der Waals surface area contributed by atoms with Crippen LogP contribution >= 0.6 is 0 Å².